The first-order valence-corrected chi connectivity index (χ1v) is 7.81. The van der Waals surface area contributed by atoms with Crippen LogP contribution in [0.3, 0.4) is 0 Å². The van der Waals surface area contributed by atoms with Crippen LogP contribution in [-0.2, 0) is 4.79 Å². The summed E-state index contributed by atoms with van der Waals surface area (Å²) >= 11 is 7.76. The van der Waals surface area contributed by atoms with Gasteiger partial charge in [0.2, 0.25) is 5.91 Å². The van der Waals surface area contributed by atoms with E-state index in [9.17, 15) is 4.79 Å². The van der Waals surface area contributed by atoms with E-state index >= 15 is 0 Å². The number of nitrogens with zero attached hydrogens (tertiary/aromatic N) is 3. The molecule has 1 aromatic carbocycles. The standard InChI is InChI=1S/C14H16ClN3OS/c1-9-7-11(15)8-12-13(9)16-14(20-12)18-5-3-17(4-6-18)10(2)19/h7-8H,3-6H2,1-2H3. The molecule has 2 heterocycles. The molecule has 1 aromatic heterocycles. The van der Waals surface area contributed by atoms with Gasteiger partial charge in [0.15, 0.2) is 5.13 Å². The molecule has 20 heavy (non-hydrogen) atoms. The fourth-order valence-corrected chi connectivity index (χ4v) is 3.96. The summed E-state index contributed by atoms with van der Waals surface area (Å²) in [5, 5.41) is 1.78. The predicted molar refractivity (Wildman–Crippen MR) is 83.8 cm³/mol. The van der Waals surface area contributed by atoms with Gasteiger partial charge in [-0.3, -0.25) is 4.79 Å². The highest BCUT2D eigenvalue weighted by molar-refractivity contribution is 7.22. The van der Waals surface area contributed by atoms with E-state index in [-0.39, 0.29) is 5.91 Å². The van der Waals surface area contributed by atoms with Crippen molar-refractivity contribution in [2.24, 2.45) is 0 Å². The maximum absolute atomic E-state index is 11.3. The molecule has 1 amide bonds. The van der Waals surface area contributed by atoms with Crippen LogP contribution in [0.1, 0.15) is 12.5 Å². The minimum atomic E-state index is 0.150. The average molecular weight is 310 g/mol. The zero-order valence-corrected chi connectivity index (χ0v) is 13.1. The smallest absolute Gasteiger partial charge is 0.219 e. The quantitative estimate of drug-likeness (QED) is 0.812. The number of thiazole rings is 1. The highest BCUT2D eigenvalue weighted by Crippen LogP contribution is 2.33. The van der Waals surface area contributed by atoms with Crippen molar-refractivity contribution in [1.29, 1.82) is 0 Å². The van der Waals surface area contributed by atoms with E-state index in [0.717, 1.165) is 52.1 Å². The Balaban J connectivity index is 1.85. The molecule has 1 fully saturated rings. The Morgan fingerprint density at radius 2 is 2.00 bits per heavy atom. The zero-order chi connectivity index (χ0) is 14.3. The van der Waals surface area contributed by atoms with Gasteiger partial charge >= 0.3 is 0 Å². The van der Waals surface area contributed by atoms with Gasteiger partial charge in [-0.05, 0) is 24.6 Å². The van der Waals surface area contributed by atoms with Crippen molar-refractivity contribution in [2.45, 2.75) is 13.8 Å². The molecule has 0 bridgehead atoms. The molecule has 1 aliphatic rings. The molecule has 0 radical (unpaired) electrons. The second-order valence-electron chi connectivity index (χ2n) is 5.06. The lowest BCUT2D eigenvalue weighted by atomic mass is 10.2. The van der Waals surface area contributed by atoms with Crippen molar-refractivity contribution in [1.82, 2.24) is 9.88 Å². The number of anilines is 1. The second-order valence-corrected chi connectivity index (χ2v) is 6.50. The number of rotatable bonds is 1. The minimum Gasteiger partial charge on any atom is -0.345 e. The number of fused-ring (bicyclic) bond motifs is 1. The molecular formula is C14H16ClN3OS. The summed E-state index contributed by atoms with van der Waals surface area (Å²) in [5.74, 6) is 0.150. The maximum Gasteiger partial charge on any atom is 0.219 e. The van der Waals surface area contributed by atoms with E-state index in [2.05, 4.69) is 4.90 Å². The van der Waals surface area contributed by atoms with Gasteiger partial charge < -0.3 is 9.80 Å². The summed E-state index contributed by atoms with van der Waals surface area (Å²) in [6.45, 7) is 6.87. The number of carbonyl (C=O) groups excluding carboxylic acids is 1. The summed E-state index contributed by atoms with van der Waals surface area (Å²) in [5.41, 5.74) is 2.14. The maximum atomic E-state index is 11.3. The third-order valence-corrected chi connectivity index (χ3v) is 4.92. The summed E-state index contributed by atoms with van der Waals surface area (Å²) < 4.78 is 1.12. The van der Waals surface area contributed by atoms with Crippen LogP contribution in [0.15, 0.2) is 12.1 Å². The topological polar surface area (TPSA) is 36.4 Å². The zero-order valence-electron chi connectivity index (χ0n) is 11.5. The Labute approximate surface area is 127 Å². The minimum absolute atomic E-state index is 0.150. The van der Waals surface area contributed by atoms with Crippen LogP contribution in [0.4, 0.5) is 5.13 Å². The lowest BCUT2D eigenvalue weighted by molar-refractivity contribution is -0.129. The van der Waals surface area contributed by atoms with E-state index in [1.165, 1.54) is 0 Å². The van der Waals surface area contributed by atoms with E-state index in [4.69, 9.17) is 16.6 Å². The number of carbonyl (C=O) groups is 1. The fraction of sp³-hybridized carbons (Fsp3) is 0.429. The molecule has 0 N–H and O–H groups in total. The van der Waals surface area contributed by atoms with Gasteiger partial charge in [0.1, 0.15) is 0 Å². The number of piperazine rings is 1. The van der Waals surface area contributed by atoms with Crippen molar-refractivity contribution >= 4 is 44.2 Å². The van der Waals surface area contributed by atoms with Crippen molar-refractivity contribution in [2.75, 3.05) is 31.1 Å². The molecular weight excluding hydrogens is 294 g/mol. The molecule has 106 valence electrons. The molecule has 0 saturated carbocycles. The summed E-state index contributed by atoms with van der Waals surface area (Å²) in [6, 6.07) is 3.91. The molecule has 4 nitrogen and oxygen atoms in total. The highest BCUT2D eigenvalue weighted by Gasteiger charge is 2.21. The molecule has 0 spiro atoms. The summed E-state index contributed by atoms with van der Waals surface area (Å²) in [6.07, 6.45) is 0. The van der Waals surface area contributed by atoms with E-state index < -0.39 is 0 Å². The van der Waals surface area contributed by atoms with Gasteiger partial charge in [0, 0.05) is 38.1 Å². The molecule has 3 rings (SSSR count). The number of benzene rings is 1. The molecule has 1 saturated heterocycles. The van der Waals surface area contributed by atoms with Crippen LogP contribution in [0.2, 0.25) is 5.02 Å². The monoisotopic (exact) mass is 309 g/mol. The molecule has 0 unspecified atom stereocenters. The first-order chi connectivity index (χ1) is 9.54. The van der Waals surface area contributed by atoms with Gasteiger partial charge in [-0.1, -0.05) is 22.9 Å². The second kappa shape index (κ2) is 5.22. The Bertz CT molecular complexity index is 662. The Kier molecular flexibility index (Phi) is 3.56. The van der Waals surface area contributed by atoms with Crippen LogP contribution in [0, 0.1) is 6.92 Å². The van der Waals surface area contributed by atoms with Crippen molar-refractivity contribution < 1.29 is 4.79 Å². The van der Waals surface area contributed by atoms with E-state index in [1.807, 2.05) is 24.0 Å². The van der Waals surface area contributed by atoms with Crippen molar-refractivity contribution in [3.63, 3.8) is 0 Å². The highest BCUT2D eigenvalue weighted by atomic mass is 35.5. The van der Waals surface area contributed by atoms with Crippen LogP contribution < -0.4 is 4.90 Å². The van der Waals surface area contributed by atoms with Gasteiger partial charge in [0.05, 0.1) is 10.2 Å². The molecule has 2 aromatic rings. The SMILES string of the molecule is CC(=O)N1CCN(c2nc3c(C)cc(Cl)cc3s2)CC1. The first-order valence-electron chi connectivity index (χ1n) is 6.62. The van der Waals surface area contributed by atoms with Gasteiger partial charge in [-0.2, -0.15) is 0 Å². The van der Waals surface area contributed by atoms with E-state index in [1.54, 1.807) is 18.3 Å². The number of halogens is 1. The summed E-state index contributed by atoms with van der Waals surface area (Å²) in [7, 11) is 0. The number of aryl methyl sites for hydroxylation is 1. The lowest BCUT2D eigenvalue weighted by Crippen LogP contribution is -2.48. The first kappa shape index (κ1) is 13.6. The van der Waals surface area contributed by atoms with Crippen molar-refractivity contribution in [3.8, 4) is 0 Å². The molecule has 6 heteroatoms. The average Bonchev–Trinajstić information content (AvgIpc) is 2.83. The number of amides is 1. The van der Waals surface area contributed by atoms with Crippen LogP contribution in [0.25, 0.3) is 10.2 Å². The van der Waals surface area contributed by atoms with Crippen LogP contribution in [-0.4, -0.2) is 42.0 Å². The largest absolute Gasteiger partial charge is 0.345 e. The molecule has 0 aliphatic carbocycles. The van der Waals surface area contributed by atoms with Gasteiger partial charge in [-0.15, -0.1) is 0 Å². The number of aromatic nitrogens is 1. The Hall–Kier alpha value is -1.33. The lowest BCUT2D eigenvalue weighted by Gasteiger charge is -2.33. The van der Waals surface area contributed by atoms with Crippen LogP contribution in [0.5, 0.6) is 0 Å². The molecule has 0 atom stereocenters. The van der Waals surface area contributed by atoms with Gasteiger partial charge in [-0.25, -0.2) is 4.98 Å². The van der Waals surface area contributed by atoms with E-state index in [0.29, 0.717) is 0 Å². The third kappa shape index (κ3) is 2.47. The summed E-state index contributed by atoms with van der Waals surface area (Å²) in [4.78, 5) is 20.2. The normalized spacial score (nSPS) is 15.9. The Morgan fingerprint density at radius 1 is 1.30 bits per heavy atom. The van der Waals surface area contributed by atoms with Crippen LogP contribution >= 0.6 is 22.9 Å². The van der Waals surface area contributed by atoms with Crippen molar-refractivity contribution in [3.05, 3.63) is 22.7 Å². The fourth-order valence-electron chi connectivity index (χ4n) is 2.49. The Morgan fingerprint density at radius 3 is 2.65 bits per heavy atom. The molecule has 1 aliphatic heterocycles. The number of hydrogen-bond donors (Lipinski definition) is 0. The third-order valence-electron chi connectivity index (χ3n) is 3.63. The van der Waals surface area contributed by atoms with Gasteiger partial charge in [0.25, 0.3) is 0 Å². The predicted octanol–water partition coefficient (Wildman–Crippen LogP) is 2.93. The number of hydrogen-bond acceptors (Lipinski definition) is 4.